The topological polar surface area (TPSA) is 58.6 Å². The summed E-state index contributed by atoms with van der Waals surface area (Å²) in [5.41, 5.74) is 0.338. The molecule has 2 aliphatic heterocycles. The second-order valence-corrected chi connectivity index (χ2v) is 6.33. The first-order chi connectivity index (χ1) is 10.6. The molecule has 0 saturated carbocycles. The van der Waals surface area contributed by atoms with Crippen molar-refractivity contribution in [2.75, 3.05) is 33.3 Å². The van der Waals surface area contributed by atoms with Crippen LogP contribution in [0.4, 0.5) is 0 Å². The van der Waals surface area contributed by atoms with Crippen LogP contribution in [0, 0.1) is 6.92 Å². The first-order valence-corrected chi connectivity index (χ1v) is 7.99. The van der Waals surface area contributed by atoms with Crippen LogP contribution in [-0.4, -0.2) is 64.6 Å². The van der Waals surface area contributed by atoms with Gasteiger partial charge in [-0.1, -0.05) is 0 Å². The molecule has 6 heteroatoms. The normalized spacial score (nSPS) is 27.2. The van der Waals surface area contributed by atoms with E-state index in [0.717, 1.165) is 50.4 Å². The van der Waals surface area contributed by atoms with Crippen molar-refractivity contribution in [1.29, 1.82) is 0 Å². The van der Waals surface area contributed by atoms with Gasteiger partial charge in [-0.05, 0) is 32.3 Å². The largest absolute Gasteiger partial charge is 0.362 e. The second kappa shape index (κ2) is 6.30. The minimum atomic E-state index is -0.661. The molecule has 1 amide bonds. The molecule has 0 N–H and O–H groups in total. The molecule has 0 radical (unpaired) electrons. The number of nitrogens with zero attached hydrogens (tertiary/aromatic N) is 4. The van der Waals surface area contributed by atoms with Gasteiger partial charge in [0.1, 0.15) is 5.82 Å². The maximum Gasteiger partial charge on any atom is 0.255 e. The fraction of sp³-hybridized carbons (Fsp3) is 0.688. The average Bonchev–Trinajstić information content (AvgIpc) is 2.62. The van der Waals surface area contributed by atoms with Crippen LogP contribution in [0.2, 0.25) is 0 Å². The molecule has 1 spiro atoms. The van der Waals surface area contributed by atoms with E-state index in [1.165, 1.54) is 0 Å². The maximum atomic E-state index is 12.7. The van der Waals surface area contributed by atoms with Gasteiger partial charge in [0, 0.05) is 39.4 Å². The number of morpholine rings is 1. The number of carbonyl (C=O) groups is 1. The number of aryl methyl sites for hydroxylation is 1. The zero-order valence-electron chi connectivity index (χ0n) is 13.4. The summed E-state index contributed by atoms with van der Waals surface area (Å²) >= 11 is 0. The van der Waals surface area contributed by atoms with Gasteiger partial charge in [-0.25, -0.2) is 9.97 Å². The van der Waals surface area contributed by atoms with Gasteiger partial charge in [-0.3, -0.25) is 9.69 Å². The maximum absolute atomic E-state index is 12.7. The lowest BCUT2D eigenvalue weighted by Crippen LogP contribution is -2.59. The molecule has 1 aromatic heterocycles. The Kier molecular flexibility index (Phi) is 4.40. The SMILES string of the molecule is Cc1nccc(CN2CCOC3(CCCCN(C)C3=O)C2)n1. The first-order valence-electron chi connectivity index (χ1n) is 7.99. The molecule has 2 saturated heterocycles. The first kappa shape index (κ1) is 15.4. The van der Waals surface area contributed by atoms with Gasteiger partial charge in [0.15, 0.2) is 5.60 Å². The lowest BCUT2D eigenvalue weighted by Gasteiger charge is -2.42. The molecule has 1 aromatic rings. The average molecular weight is 304 g/mol. The van der Waals surface area contributed by atoms with E-state index in [1.54, 1.807) is 6.20 Å². The molecule has 22 heavy (non-hydrogen) atoms. The van der Waals surface area contributed by atoms with E-state index in [0.29, 0.717) is 13.2 Å². The Morgan fingerprint density at radius 3 is 3.05 bits per heavy atom. The third-order valence-corrected chi connectivity index (χ3v) is 4.54. The number of rotatable bonds is 2. The molecule has 2 aliphatic rings. The molecular weight excluding hydrogens is 280 g/mol. The van der Waals surface area contributed by atoms with Crippen molar-refractivity contribution in [1.82, 2.24) is 19.8 Å². The molecule has 6 nitrogen and oxygen atoms in total. The molecule has 1 unspecified atom stereocenters. The van der Waals surface area contributed by atoms with Crippen molar-refractivity contribution in [3.8, 4) is 0 Å². The summed E-state index contributed by atoms with van der Waals surface area (Å²) < 4.78 is 6.00. The van der Waals surface area contributed by atoms with E-state index in [-0.39, 0.29) is 5.91 Å². The molecule has 2 fully saturated rings. The fourth-order valence-corrected chi connectivity index (χ4v) is 3.41. The van der Waals surface area contributed by atoms with Gasteiger partial charge in [0.25, 0.3) is 5.91 Å². The Morgan fingerprint density at radius 2 is 2.23 bits per heavy atom. The van der Waals surface area contributed by atoms with Gasteiger partial charge in [-0.2, -0.15) is 0 Å². The molecule has 0 bridgehead atoms. The smallest absolute Gasteiger partial charge is 0.255 e. The van der Waals surface area contributed by atoms with Crippen molar-refractivity contribution >= 4 is 5.91 Å². The van der Waals surface area contributed by atoms with Crippen LogP contribution in [0.5, 0.6) is 0 Å². The highest BCUT2D eigenvalue weighted by Gasteiger charge is 2.45. The second-order valence-electron chi connectivity index (χ2n) is 6.33. The van der Waals surface area contributed by atoms with E-state index in [2.05, 4.69) is 14.9 Å². The number of aromatic nitrogens is 2. The zero-order chi connectivity index (χ0) is 15.6. The molecule has 0 aromatic carbocycles. The summed E-state index contributed by atoms with van der Waals surface area (Å²) in [5, 5.41) is 0. The number of hydrogen-bond donors (Lipinski definition) is 0. The van der Waals surface area contributed by atoms with Crippen molar-refractivity contribution in [3.63, 3.8) is 0 Å². The lowest BCUT2D eigenvalue weighted by molar-refractivity contribution is -0.170. The van der Waals surface area contributed by atoms with Crippen molar-refractivity contribution in [2.45, 2.75) is 38.3 Å². The highest BCUT2D eigenvalue weighted by Crippen LogP contribution is 2.29. The number of hydrogen-bond acceptors (Lipinski definition) is 5. The van der Waals surface area contributed by atoms with Crippen LogP contribution in [0.15, 0.2) is 12.3 Å². The Balaban J connectivity index is 1.74. The molecule has 1 atom stereocenters. The van der Waals surface area contributed by atoms with Crippen LogP contribution in [0.1, 0.15) is 30.8 Å². The van der Waals surface area contributed by atoms with Crippen LogP contribution < -0.4 is 0 Å². The minimum absolute atomic E-state index is 0.133. The van der Waals surface area contributed by atoms with Gasteiger partial charge >= 0.3 is 0 Å². The highest BCUT2D eigenvalue weighted by molar-refractivity contribution is 5.85. The van der Waals surface area contributed by atoms with E-state index >= 15 is 0 Å². The van der Waals surface area contributed by atoms with E-state index in [1.807, 2.05) is 24.9 Å². The fourth-order valence-electron chi connectivity index (χ4n) is 3.41. The predicted octanol–water partition coefficient (Wildman–Crippen LogP) is 0.998. The van der Waals surface area contributed by atoms with Crippen LogP contribution in [-0.2, 0) is 16.1 Å². The molecule has 0 aliphatic carbocycles. The van der Waals surface area contributed by atoms with E-state index < -0.39 is 5.60 Å². The summed E-state index contributed by atoms with van der Waals surface area (Å²) in [4.78, 5) is 25.4. The molecule has 3 rings (SSSR count). The summed E-state index contributed by atoms with van der Waals surface area (Å²) in [5.74, 6) is 0.916. The summed E-state index contributed by atoms with van der Waals surface area (Å²) in [6.45, 7) is 5.55. The van der Waals surface area contributed by atoms with Gasteiger partial charge < -0.3 is 9.64 Å². The highest BCUT2D eigenvalue weighted by atomic mass is 16.5. The van der Waals surface area contributed by atoms with Crippen molar-refractivity contribution < 1.29 is 9.53 Å². The van der Waals surface area contributed by atoms with Gasteiger partial charge in [-0.15, -0.1) is 0 Å². The van der Waals surface area contributed by atoms with Crippen LogP contribution in [0.25, 0.3) is 0 Å². The molecule has 120 valence electrons. The molecular formula is C16H24N4O2. The summed E-state index contributed by atoms with van der Waals surface area (Å²) in [7, 11) is 1.88. The number of ether oxygens (including phenoxy) is 1. The third kappa shape index (κ3) is 3.13. The minimum Gasteiger partial charge on any atom is -0.362 e. The Hall–Kier alpha value is -1.53. The summed E-state index contributed by atoms with van der Waals surface area (Å²) in [6, 6.07) is 1.94. The zero-order valence-corrected chi connectivity index (χ0v) is 13.4. The number of likely N-dealkylation sites (tertiary alicyclic amines) is 1. The monoisotopic (exact) mass is 304 g/mol. The third-order valence-electron chi connectivity index (χ3n) is 4.54. The van der Waals surface area contributed by atoms with E-state index in [9.17, 15) is 4.79 Å². The van der Waals surface area contributed by atoms with E-state index in [4.69, 9.17) is 4.74 Å². The molecule has 3 heterocycles. The van der Waals surface area contributed by atoms with Gasteiger partial charge in [0.2, 0.25) is 0 Å². The van der Waals surface area contributed by atoms with Crippen molar-refractivity contribution in [2.24, 2.45) is 0 Å². The van der Waals surface area contributed by atoms with Crippen LogP contribution in [0.3, 0.4) is 0 Å². The lowest BCUT2D eigenvalue weighted by atomic mass is 9.94. The number of amides is 1. The quantitative estimate of drug-likeness (QED) is 0.816. The summed E-state index contributed by atoms with van der Waals surface area (Å²) in [6.07, 6.45) is 4.70. The van der Waals surface area contributed by atoms with Crippen LogP contribution >= 0.6 is 0 Å². The predicted molar refractivity (Wildman–Crippen MR) is 82.2 cm³/mol. The Morgan fingerprint density at radius 1 is 1.36 bits per heavy atom. The Labute approximate surface area is 131 Å². The number of likely N-dealkylation sites (N-methyl/N-ethyl adjacent to an activating group) is 1. The standard InChI is InChI=1S/C16H24N4O2/c1-13-17-7-5-14(18-13)11-20-9-10-22-16(12-20)6-3-4-8-19(2)15(16)21/h5,7H,3-4,6,8-12H2,1-2H3. The van der Waals surface area contributed by atoms with Gasteiger partial charge in [0.05, 0.1) is 12.3 Å². The Bertz CT molecular complexity index is 551. The van der Waals surface area contributed by atoms with Crippen molar-refractivity contribution in [3.05, 3.63) is 23.8 Å². The number of carbonyl (C=O) groups excluding carboxylic acids is 1.